The number of nitrogens with zero attached hydrogens (tertiary/aromatic N) is 5. The molecule has 1 amide bonds. The number of carbonyl (C=O) groups excluding carboxylic acids is 1. The summed E-state index contributed by atoms with van der Waals surface area (Å²) in [6, 6.07) is 0.632. The van der Waals surface area contributed by atoms with Gasteiger partial charge in [0.15, 0.2) is 5.82 Å². The number of aromatic amines is 1. The topological polar surface area (TPSA) is 91.7 Å². The lowest BCUT2D eigenvalue weighted by molar-refractivity contribution is 0.0738. The summed E-state index contributed by atoms with van der Waals surface area (Å²) in [7, 11) is 0. The van der Waals surface area contributed by atoms with Gasteiger partial charge in [-0.3, -0.25) is 4.79 Å². The number of rotatable bonds is 4. The van der Waals surface area contributed by atoms with Gasteiger partial charge in [-0.25, -0.2) is 4.98 Å². The lowest BCUT2D eigenvalue weighted by Gasteiger charge is -2.26. The first-order chi connectivity index (χ1) is 11.3. The van der Waals surface area contributed by atoms with Gasteiger partial charge in [0.25, 0.3) is 5.91 Å². The molecule has 1 aliphatic carbocycles. The van der Waals surface area contributed by atoms with Gasteiger partial charge in [0, 0.05) is 19.1 Å². The zero-order valence-electron chi connectivity index (χ0n) is 13.0. The predicted molar refractivity (Wildman–Crippen MR) is 82.4 cm³/mol. The Morgan fingerprint density at radius 1 is 1.30 bits per heavy atom. The highest BCUT2D eigenvalue weighted by atomic mass is 16.2. The molecule has 23 heavy (non-hydrogen) atoms. The SMILES string of the molecule is O=C(c1cnc[nH]1)N1CCCn2c(CNC3CCC3)nnc2C1. The molecule has 0 saturated heterocycles. The third kappa shape index (κ3) is 2.86. The molecule has 0 aromatic carbocycles. The van der Waals surface area contributed by atoms with Crippen LogP contribution in [0.4, 0.5) is 0 Å². The maximum atomic E-state index is 12.5. The maximum Gasteiger partial charge on any atom is 0.272 e. The van der Waals surface area contributed by atoms with Crippen LogP contribution >= 0.6 is 0 Å². The van der Waals surface area contributed by atoms with E-state index in [1.165, 1.54) is 25.6 Å². The molecule has 0 radical (unpaired) electrons. The Morgan fingerprint density at radius 2 is 2.22 bits per heavy atom. The minimum atomic E-state index is -0.0342. The number of imidazole rings is 1. The van der Waals surface area contributed by atoms with Gasteiger partial charge in [-0.1, -0.05) is 6.42 Å². The van der Waals surface area contributed by atoms with Crippen molar-refractivity contribution in [1.82, 2.24) is 34.9 Å². The summed E-state index contributed by atoms with van der Waals surface area (Å²) in [4.78, 5) is 21.1. The van der Waals surface area contributed by atoms with Gasteiger partial charge in [-0.05, 0) is 19.3 Å². The van der Waals surface area contributed by atoms with E-state index in [0.717, 1.165) is 37.7 Å². The third-order valence-corrected chi connectivity index (χ3v) is 4.72. The second-order valence-corrected chi connectivity index (χ2v) is 6.24. The number of fused-ring (bicyclic) bond motifs is 1. The Bertz CT molecular complexity index is 674. The fourth-order valence-electron chi connectivity index (χ4n) is 3.11. The number of carbonyl (C=O) groups is 1. The second-order valence-electron chi connectivity index (χ2n) is 6.24. The number of aromatic nitrogens is 5. The summed E-state index contributed by atoms with van der Waals surface area (Å²) in [6.45, 7) is 2.83. The molecule has 2 N–H and O–H groups in total. The van der Waals surface area contributed by atoms with Crippen LogP contribution in [0.1, 0.15) is 47.8 Å². The number of nitrogens with one attached hydrogen (secondary N) is 2. The molecule has 1 aliphatic heterocycles. The normalized spacial score (nSPS) is 18.3. The zero-order chi connectivity index (χ0) is 15.6. The van der Waals surface area contributed by atoms with Crippen LogP contribution in [0.3, 0.4) is 0 Å². The summed E-state index contributed by atoms with van der Waals surface area (Å²) in [5.41, 5.74) is 0.518. The Morgan fingerprint density at radius 3 is 2.96 bits per heavy atom. The first-order valence-corrected chi connectivity index (χ1v) is 8.23. The third-order valence-electron chi connectivity index (χ3n) is 4.72. The average Bonchev–Trinajstić information content (AvgIpc) is 3.11. The molecule has 2 aromatic heterocycles. The highest BCUT2D eigenvalue weighted by Gasteiger charge is 2.24. The van der Waals surface area contributed by atoms with Crippen molar-refractivity contribution < 1.29 is 4.79 Å². The van der Waals surface area contributed by atoms with Crippen LogP contribution in [-0.2, 0) is 19.6 Å². The van der Waals surface area contributed by atoms with Crippen molar-refractivity contribution in [3.8, 4) is 0 Å². The lowest BCUT2D eigenvalue weighted by atomic mass is 9.93. The molecular weight excluding hydrogens is 294 g/mol. The van der Waals surface area contributed by atoms with E-state index in [4.69, 9.17) is 0 Å². The maximum absolute atomic E-state index is 12.5. The van der Waals surface area contributed by atoms with Gasteiger partial charge in [-0.15, -0.1) is 10.2 Å². The number of hydrogen-bond acceptors (Lipinski definition) is 5. The van der Waals surface area contributed by atoms with E-state index >= 15 is 0 Å². The average molecular weight is 315 g/mol. The van der Waals surface area contributed by atoms with Gasteiger partial charge in [0.05, 0.1) is 25.6 Å². The minimum Gasteiger partial charge on any atom is -0.341 e. The first-order valence-electron chi connectivity index (χ1n) is 8.23. The molecule has 8 heteroatoms. The van der Waals surface area contributed by atoms with E-state index < -0.39 is 0 Å². The molecule has 0 spiro atoms. The van der Waals surface area contributed by atoms with Crippen molar-refractivity contribution >= 4 is 5.91 Å². The van der Waals surface area contributed by atoms with Crippen molar-refractivity contribution in [3.63, 3.8) is 0 Å². The Balaban J connectivity index is 1.46. The van der Waals surface area contributed by atoms with Crippen molar-refractivity contribution in [2.45, 2.75) is 51.4 Å². The molecule has 122 valence electrons. The minimum absolute atomic E-state index is 0.0342. The monoisotopic (exact) mass is 315 g/mol. The van der Waals surface area contributed by atoms with E-state index in [0.29, 0.717) is 18.3 Å². The first kappa shape index (κ1) is 14.4. The largest absolute Gasteiger partial charge is 0.341 e. The summed E-state index contributed by atoms with van der Waals surface area (Å²) in [6.07, 6.45) is 7.83. The molecular formula is C15H21N7O. The van der Waals surface area contributed by atoms with Crippen LogP contribution in [-0.4, -0.2) is 48.1 Å². The summed E-state index contributed by atoms with van der Waals surface area (Å²) in [5.74, 6) is 1.80. The van der Waals surface area contributed by atoms with E-state index in [9.17, 15) is 4.79 Å². The molecule has 4 rings (SSSR count). The van der Waals surface area contributed by atoms with E-state index in [2.05, 4.69) is 30.0 Å². The van der Waals surface area contributed by atoms with Crippen LogP contribution in [0.2, 0.25) is 0 Å². The molecule has 2 aromatic rings. The Labute approximate surface area is 134 Å². The summed E-state index contributed by atoms with van der Waals surface area (Å²) < 4.78 is 2.16. The van der Waals surface area contributed by atoms with Crippen molar-refractivity contribution in [2.24, 2.45) is 0 Å². The summed E-state index contributed by atoms with van der Waals surface area (Å²) >= 11 is 0. The quantitative estimate of drug-likeness (QED) is 0.866. The van der Waals surface area contributed by atoms with Gasteiger partial charge in [-0.2, -0.15) is 0 Å². The highest BCUT2D eigenvalue weighted by Crippen LogP contribution is 2.19. The zero-order valence-corrected chi connectivity index (χ0v) is 13.0. The van der Waals surface area contributed by atoms with Gasteiger partial charge >= 0.3 is 0 Å². The van der Waals surface area contributed by atoms with Crippen LogP contribution in [0, 0.1) is 0 Å². The van der Waals surface area contributed by atoms with Crippen LogP contribution in [0.25, 0.3) is 0 Å². The standard InChI is InChI=1S/C15H21N7O/c23-15(12-7-16-10-18-12)21-5-2-6-22-13(19-20-14(22)9-21)8-17-11-3-1-4-11/h7,10-11,17H,1-6,8-9H2,(H,16,18). The second kappa shape index (κ2) is 6.11. The van der Waals surface area contributed by atoms with E-state index in [1.54, 1.807) is 6.20 Å². The molecule has 8 nitrogen and oxygen atoms in total. The number of hydrogen-bond donors (Lipinski definition) is 2. The predicted octanol–water partition coefficient (Wildman–Crippen LogP) is 0.689. The Kier molecular flexibility index (Phi) is 3.82. The summed E-state index contributed by atoms with van der Waals surface area (Å²) in [5, 5.41) is 12.2. The lowest BCUT2D eigenvalue weighted by Crippen LogP contribution is -2.35. The molecule has 0 atom stereocenters. The molecule has 0 bridgehead atoms. The van der Waals surface area contributed by atoms with Crippen molar-refractivity contribution in [3.05, 3.63) is 29.9 Å². The fraction of sp³-hybridized carbons (Fsp3) is 0.600. The fourth-order valence-corrected chi connectivity index (χ4v) is 3.11. The van der Waals surface area contributed by atoms with Crippen molar-refractivity contribution in [1.29, 1.82) is 0 Å². The highest BCUT2D eigenvalue weighted by molar-refractivity contribution is 5.92. The molecule has 0 unspecified atom stereocenters. The molecule has 2 aliphatic rings. The van der Waals surface area contributed by atoms with E-state index in [1.807, 2.05) is 4.90 Å². The van der Waals surface area contributed by atoms with Gasteiger partial charge in [0.1, 0.15) is 11.5 Å². The molecule has 1 fully saturated rings. The smallest absolute Gasteiger partial charge is 0.272 e. The van der Waals surface area contributed by atoms with Gasteiger partial charge in [0.2, 0.25) is 0 Å². The van der Waals surface area contributed by atoms with Crippen molar-refractivity contribution in [2.75, 3.05) is 6.54 Å². The number of amides is 1. The molecule has 1 saturated carbocycles. The van der Waals surface area contributed by atoms with Crippen LogP contribution in [0.5, 0.6) is 0 Å². The molecule has 3 heterocycles. The van der Waals surface area contributed by atoms with Crippen LogP contribution in [0.15, 0.2) is 12.5 Å². The van der Waals surface area contributed by atoms with Crippen LogP contribution < -0.4 is 5.32 Å². The van der Waals surface area contributed by atoms with Gasteiger partial charge < -0.3 is 19.8 Å². The van der Waals surface area contributed by atoms with E-state index in [-0.39, 0.29) is 5.91 Å². The Hall–Kier alpha value is -2.22. The number of H-pyrrole nitrogens is 1.